The van der Waals surface area contributed by atoms with Crippen molar-refractivity contribution < 1.29 is 13.6 Å². The van der Waals surface area contributed by atoms with E-state index in [1.165, 1.54) is 6.08 Å². The van der Waals surface area contributed by atoms with Gasteiger partial charge in [-0.25, -0.2) is 8.78 Å². The van der Waals surface area contributed by atoms with E-state index in [-0.39, 0.29) is 23.6 Å². The number of rotatable bonds is 7. The van der Waals surface area contributed by atoms with Crippen LogP contribution in [0.5, 0.6) is 0 Å². The number of alkyl halides is 2. The molecule has 0 saturated heterocycles. The van der Waals surface area contributed by atoms with Crippen molar-refractivity contribution in [1.29, 1.82) is 10.8 Å². The van der Waals surface area contributed by atoms with Crippen LogP contribution in [0.15, 0.2) is 46.2 Å². The summed E-state index contributed by atoms with van der Waals surface area (Å²) in [4.78, 5) is 12.3. The van der Waals surface area contributed by atoms with Gasteiger partial charge >= 0.3 is 0 Å². The summed E-state index contributed by atoms with van der Waals surface area (Å²) < 4.78 is 26.2. The highest BCUT2D eigenvalue weighted by molar-refractivity contribution is 6.12. The molecule has 0 atom stereocenters. The van der Waals surface area contributed by atoms with Gasteiger partial charge in [0.15, 0.2) is 0 Å². The maximum absolute atomic E-state index is 13.1. The molecule has 0 aromatic rings. The van der Waals surface area contributed by atoms with Gasteiger partial charge in [0, 0.05) is 43.5 Å². The number of allylic oxidation sites excluding steroid dienone is 3. The second kappa shape index (κ2) is 8.22. The monoisotopic (exact) mass is 350 g/mol. The summed E-state index contributed by atoms with van der Waals surface area (Å²) >= 11 is 0. The molecule has 134 valence electrons. The van der Waals surface area contributed by atoms with E-state index in [2.05, 4.69) is 21.3 Å². The van der Waals surface area contributed by atoms with E-state index in [1.54, 1.807) is 13.2 Å². The summed E-state index contributed by atoms with van der Waals surface area (Å²) in [6, 6.07) is 0. The van der Waals surface area contributed by atoms with Crippen molar-refractivity contribution in [3.63, 3.8) is 0 Å². The minimum atomic E-state index is -2.72. The summed E-state index contributed by atoms with van der Waals surface area (Å²) in [6.07, 6.45) is 3.70. The van der Waals surface area contributed by atoms with Crippen LogP contribution in [0.4, 0.5) is 8.78 Å². The molecule has 1 aliphatic heterocycles. The Morgan fingerprint density at radius 2 is 2.04 bits per heavy atom. The van der Waals surface area contributed by atoms with Crippen molar-refractivity contribution in [1.82, 2.24) is 21.3 Å². The second-order valence-electron chi connectivity index (χ2n) is 5.44. The summed E-state index contributed by atoms with van der Waals surface area (Å²) in [5, 5.41) is 25.4. The second-order valence-corrected chi connectivity index (χ2v) is 5.44. The van der Waals surface area contributed by atoms with Gasteiger partial charge in [0.25, 0.3) is 12.3 Å². The lowest BCUT2D eigenvalue weighted by Gasteiger charge is -2.24. The highest BCUT2D eigenvalue weighted by Crippen LogP contribution is 2.33. The standard InChI is InChI=1S/C16H20F2N6O/c1-21-7-9(5-19)8-22-16(25)11(6-20)15-23-12(10-2-3-10)4-13(24-15)14(17)18/h4-7,14,19-21,23-24H,2-3,8H2,1H3,(H,22,25)/b9-7+,15-11+,19-5?,20-6?. The normalized spacial score (nSPS) is 18.7. The molecule has 1 amide bonds. The van der Waals surface area contributed by atoms with Gasteiger partial charge in [0.1, 0.15) is 5.82 Å². The van der Waals surface area contributed by atoms with E-state index >= 15 is 0 Å². The van der Waals surface area contributed by atoms with Crippen LogP contribution in [0.25, 0.3) is 0 Å². The molecular formula is C16H20F2N6O. The lowest BCUT2D eigenvalue weighted by molar-refractivity contribution is -0.116. The van der Waals surface area contributed by atoms with Crippen LogP contribution in [-0.2, 0) is 4.79 Å². The predicted molar refractivity (Wildman–Crippen MR) is 91.4 cm³/mol. The summed E-state index contributed by atoms with van der Waals surface area (Å²) in [7, 11) is 1.66. The van der Waals surface area contributed by atoms with Crippen LogP contribution in [0, 0.1) is 10.8 Å². The summed E-state index contributed by atoms with van der Waals surface area (Å²) in [5.41, 5.74) is 1.66. The largest absolute Gasteiger partial charge is 0.394 e. The fourth-order valence-electron chi connectivity index (χ4n) is 2.17. The maximum Gasteiger partial charge on any atom is 0.278 e. The molecule has 9 heteroatoms. The van der Waals surface area contributed by atoms with E-state index in [0.717, 1.165) is 30.8 Å². The van der Waals surface area contributed by atoms with Gasteiger partial charge in [-0.2, -0.15) is 0 Å². The zero-order chi connectivity index (χ0) is 18.4. The van der Waals surface area contributed by atoms with Gasteiger partial charge in [-0.15, -0.1) is 0 Å². The number of hydrogen-bond donors (Lipinski definition) is 6. The quantitative estimate of drug-likeness (QED) is 0.305. The van der Waals surface area contributed by atoms with Crippen LogP contribution < -0.4 is 21.3 Å². The summed E-state index contributed by atoms with van der Waals surface area (Å²) in [6.45, 7) is 0.0687. The Balaban J connectivity index is 2.22. The minimum absolute atomic E-state index is 0.0497. The smallest absolute Gasteiger partial charge is 0.278 e. The molecule has 1 heterocycles. The molecule has 1 aliphatic carbocycles. The van der Waals surface area contributed by atoms with Crippen molar-refractivity contribution in [3.8, 4) is 0 Å². The van der Waals surface area contributed by atoms with Crippen LogP contribution in [-0.4, -0.2) is 38.4 Å². The summed E-state index contributed by atoms with van der Waals surface area (Å²) in [5.74, 6) is -0.557. The van der Waals surface area contributed by atoms with Gasteiger partial charge in [-0.3, -0.25) is 4.79 Å². The first-order valence-electron chi connectivity index (χ1n) is 7.65. The van der Waals surface area contributed by atoms with E-state index < -0.39 is 12.3 Å². The number of carbonyl (C=O) groups excluding carboxylic acids is 1. The van der Waals surface area contributed by atoms with Crippen LogP contribution in [0.1, 0.15) is 12.8 Å². The Labute approximate surface area is 144 Å². The molecule has 0 unspecified atom stereocenters. The van der Waals surface area contributed by atoms with Gasteiger partial charge in [-0.1, -0.05) is 0 Å². The lowest BCUT2D eigenvalue weighted by Crippen LogP contribution is -2.38. The molecule has 25 heavy (non-hydrogen) atoms. The molecule has 0 aromatic carbocycles. The number of carbonyl (C=O) groups is 1. The molecular weight excluding hydrogens is 330 g/mol. The van der Waals surface area contributed by atoms with Gasteiger partial charge < -0.3 is 32.1 Å². The first-order chi connectivity index (χ1) is 12.0. The topological polar surface area (TPSA) is 113 Å². The maximum atomic E-state index is 13.1. The fourth-order valence-corrected chi connectivity index (χ4v) is 2.17. The van der Waals surface area contributed by atoms with Gasteiger partial charge in [-0.05, 0) is 24.5 Å². The molecule has 0 bridgehead atoms. The van der Waals surface area contributed by atoms with Gasteiger partial charge in [0.05, 0.1) is 11.3 Å². The molecule has 0 aromatic heterocycles. The molecule has 2 aliphatic rings. The Bertz CT molecular complexity index is 699. The van der Waals surface area contributed by atoms with E-state index in [9.17, 15) is 13.6 Å². The van der Waals surface area contributed by atoms with E-state index in [4.69, 9.17) is 10.8 Å². The first-order valence-corrected chi connectivity index (χ1v) is 7.65. The zero-order valence-corrected chi connectivity index (χ0v) is 13.7. The molecule has 1 saturated carbocycles. The Morgan fingerprint density at radius 3 is 2.56 bits per heavy atom. The third-order valence-corrected chi connectivity index (χ3v) is 3.57. The molecule has 2 rings (SSSR count). The van der Waals surface area contributed by atoms with Gasteiger partial charge in [0.2, 0.25) is 0 Å². The highest BCUT2D eigenvalue weighted by atomic mass is 19.3. The van der Waals surface area contributed by atoms with E-state index in [0.29, 0.717) is 11.3 Å². The minimum Gasteiger partial charge on any atom is -0.394 e. The van der Waals surface area contributed by atoms with Crippen molar-refractivity contribution in [2.45, 2.75) is 19.3 Å². The van der Waals surface area contributed by atoms with Crippen molar-refractivity contribution in [2.24, 2.45) is 0 Å². The number of amides is 1. The third-order valence-electron chi connectivity index (χ3n) is 3.57. The van der Waals surface area contributed by atoms with Crippen molar-refractivity contribution in [2.75, 3.05) is 13.6 Å². The Morgan fingerprint density at radius 1 is 1.32 bits per heavy atom. The average molecular weight is 350 g/mol. The van der Waals surface area contributed by atoms with E-state index in [1.807, 2.05) is 0 Å². The zero-order valence-electron chi connectivity index (χ0n) is 13.7. The first kappa shape index (κ1) is 18.4. The van der Waals surface area contributed by atoms with Crippen molar-refractivity contribution in [3.05, 3.63) is 46.2 Å². The molecule has 0 spiro atoms. The Hall–Kier alpha value is -2.97. The third kappa shape index (κ3) is 4.75. The fraction of sp³-hybridized carbons (Fsp3) is 0.312. The Kier molecular flexibility index (Phi) is 6.04. The number of halogens is 2. The van der Waals surface area contributed by atoms with Crippen LogP contribution >= 0.6 is 0 Å². The number of hydrogen-bond acceptors (Lipinski definition) is 6. The molecule has 0 radical (unpaired) electrons. The van der Waals surface area contributed by atoms with Crippen LogP contribution in [0.2, 0.25) is 0 Å². The van der Waals surface area contributed by atoms with Crippen LogP contribution in [0.3, 0.4) is 0 Å². The molecule has 1 fully saturated rings. The SMILES string of the molecule is CN/C=C(\C=N)CNC(=O)/C(C=N)=C1/NC(C(F)F)=CC(=C2CC2)N1. The number of nitrogens with one attached hydrogen (secondary N) is 6. The molecule has 6 N–H and O–H groups in total. The average Bonchev–Trinajstić information content (AvgIpc) is 3.44. The molecule has 7 nitrogen and oxygen atoms in total. The predicted octanol–water partition coefficient (Wildman–Crippen LogP) is 1.11. The highest BCUT2D eigenvalue weighted by Gasteiger charge is 2.26. The van der Waals surface area contributed by atoms with Crippen molar-refractivity contribution >= 4 is 18.3 Å². The lowest BCUT2D eigenvalue weighted by atomic mass is 10.2.